The van der Waals surface area contributed by atoms with Crippen LogP contribution in [0, 0.1) is 16.2 Å². The van der Waals surface area contributed by atoms with E-state index in [9.17, 15) is 4.79 Å². The average molecular weight is 343 g/mol. The van der Waals surface area contributed by atoms with Crippen LogP contribution in [0.15, 0.2) is 0 Å². The molecule has 144 valence electrons. The molecule has 0 saturated carbocycles. The number of hydrogen-bond acceptors (Lipinski definition) is 3. The second-order valence-corrected chi connectivity index (χ2v) is 10.7. The summed E-state index contributed by atoms with van der Waals surface area (Å²) in [5.41, 5.74) is -1.56. The molecule has 3 heteroatoms. The fourth-order valence-electron chi connectivity index (χ4n) is 3.13. The highest BCUT2D eigenvalue weighted by atomic mass is 16.5. The van der Waals surface area contributed by atoms with Gasteiger partial charge in [-0.1, -0.05) is 48.5 Å². The van der Waals surface area contributed by atoms with E-state index >= 15 is 0 Å². The van der Waals surface area contributed by atoms with Crippen LogP contribution in [0.4, 0.5) is 0 Å². The minimum absolute atomic E-state index is 0.0752. The van der Waals surface area contributed by atoms with Crippen molar-refractivity contribution in [1.82, 2.24) is 0 Å². The zero-order valence-corrected chi connectivity index (χ0v) is 18.3. The van der Waals surface area contributed by atoms with Crippen LogP contribution in [0.1, 0.15) is 89.0 Å². The van der Waals surface area contributed by atoms with Crippen molar-refractivity contribution < 1.29 is 14.3 Å². The largest absolute Gasteiger partial charge is 0.379 e. The van der Waals surface area contributed by atoms with Gasteiger partial charge in [0.25, 0.3) is 0 Å². The second kappa shape index (κ2) is 7.45. The van der Waals surface area contributed by atoms with Crippen molar-refractivity contribution in [1.29, 1.82) is 0 Å². The number of ketones is 1. The molecule has 0 fully saturated rings. The fraction of sp³-hybridized carbons (Fsp3) is 0.952. The van der Waals surface area contributed by atoms with E-state index in [-0.39, 0.29) is 22.2 Å². The maximum Gasteiger partial charge on any atom is 0.170 e. The van der Waals surface area contributed by atoms with Gasteiger partial charge >= 0.3 is 0 Å². The van der Waals surface area contributed by atoms with Gasteiger partial charge in [-0.25, -0.2) is 0 Å². The maximum atomic E-state index is 13.5. The van der Waals surface area contributed by atoms with Gasteiger partial charge < -0.3 is 9.47 Å². The van der Waals surface area contributed by atoms with Crippen molar-refractivity contribution in [2.45, 2.75) is 100 Å². The third-order valence-corrected chi connectivity index (χ3v) is 5.31. The molecule has 0 aromatic carbocycles. The summed E-state index contributed by atoms with van der Waals surface area (Å²) < 4.78 is 11.5. The molecular weight excluding hydrogens is 300 g/mol. The molecule has 3 nitrogen and oxygen atoms in total. The van der Waals surface area contributed by atoms with Crippen molar-refractivity contribution in [3.63, 3.8) is 0 Å². The molecular formula is C21H42O3. The number of hydrogen-bond donors (Lipinski definition) is 0. The van der Waals surface area contributed by atoms with Crippen LogP contribution in [0.2, 0.25) is 0 Å². The van der Waals surface area contributed by atoms with E-state index in [1.807, 2.05) is 27.7 Å². The van der Waals surface area contributed by atoms with Gasteiger partial charge in [-0.2, -0.15) is 0 Å². The van der Waals surface area contributed by atoms with Crippen LogP contribution < -0.4 is 0 Å². The van der Waals surface area contributed by atoms with Gasteiger partial charge in [-0.3, -0.25) is 4.79 Å². The number of carbonyl (C=O) groups excluding carboxylic acids is 1. The van der Waals surface area contributed by atoms with E-state index < -0.39 is 11.0 Å². The molecule has 0 rings (SSSR count). The summed E-state index contributed by atoms with van der Waals surface area (Å²) in [6, 6.07) is 0. The first-order valence-corrected chi connectivity index (χ1v) is 9.12. The number of Topliss-reactive ketones (excluding diaryl/α,β-unsaturated/α-hetero) is 1. The topological polar surface area (TPSA) is 35.5 Å². The predicted octanol–water partition coefficient (Wildman–Crippen LogP) is 5.65. The molecule has 0 heterocycles. The predicted molar refractivity (Wildman–Crippen MR) is 102 cm³/mol. The second-order valence-electron chi connectivity index (χ2n) is 10.7. The lowest BCUT2D eigenvalue weighted by molar-refractivity contribution is -0.161. The first-order valence-electron chi connectivity index (χ1n) is 9.12. The standard InChI is InChI=1S/C21H42O3/c1-17(2,3)15-21(11,18(4,5)6)16(22)20(9,10)24-14-13-19(7,8)23-12/h13-15H2,1-12H3. The number of ether oxygens (including phenoxy) is 2. The normalized spacial score (nSPS) is 16.8. The van der Waals surface area contributed by atoms with Crippen molar-refractivity contribution in [2.24, 2.45) is 16.2 Å². The Morgan fingerprint density at radius 2 is 1.29 bits per heavy atom. The molecule has 0 aromatic rings. The van der Waals surface area contributed by atoms with Crippen LogP contribution in [0.3, 0.4) is 0 Å². The van der Waals surface area contributed by atoms with Gasteiger partial charge in [0.1, 0.15) is 5.60 Å². The SMILES string of the molecule is COC(C)(C)CCOC(C)(C)C(=O)C(C)(CC(C)(C)C)C(C)(C)C. The Bertz CT molecular complexity index is 421. The average Bonchev–Trinajstić information content (AvgIpc) is 2.33. The highest BCUT2D eigenvalue weighted by Gasteiger charge is 2.51. The Kier molecular flexibility index (Phi) is 7.32. The summed E-state index contributed by atoms with van der Waals surface area (Å²) in [6.07, 6.45) is 1.59. The Hall–Kier alpha value is -0.410. The Morgan fingerprint density at radius 1 is 0.833 bits per heavy atom. The van der Waals surface area contributed by atoms with Crippen LogP contribution in [0.25, 0.3) is 0 Å². The molecule has 0 aliphatic rings. The molecule has 0 aromatic heterocycles. The van der Waals surface area contributed by atoms with Crippen molar-refractivity contribution in [3.05, 3.63) is 0 Å². The number of carbonyl (C=O) groups is 1. The summed E-state index contributed by atoms with van der Waals surface area (Å²) in [6.45, 7) is 23.5. The lowest BCUT2D eigenvalue weighted by Crippen LogP contribution is -2.52. The Morgan fingerprint density at radius 3 is 1.62 bits per heavy atom. The van der Waals surface area contributed by atoms with E-state index in [0.717, 1.165) is 12.8 Å². The first-order chi connectivity index (χ1) is 10.4. The van der Waals surface area contributed by atoms with E-state index in [4.69, 9.17) is 9.47 Å². The monoisotopic (exact) mass is 342 g/mol. The van der Waals surface area contributed by atoms with Gasteiger partial charge in [0, 0.05) is 12.5 Å². The molecule has 0 radical (unpaired) electrons. The molecule has 0 bridgehead atoms. The highest BCUT2D eigenvalue weighted by molar-refractivity contribution is 5.92. The molecule has 0 N–H and O–H groups in total. The van der Waals surface area contributed by atoms with Crippen LogP contribution in [-0.2, 0) is 14.3 Å². The number of rotatable bonds is 8. The minimum Gasteiger partial charge on any atom is -0.379 e. The summed E-state index contributed by atoms with van der Waals surface area (Å²) in [4.78, 5) is 13.5. The molecule has 0 spiro atoms. The Balaban J connectivity index is 5.34. The summed E-state index contributed by atoms with van der Waals surface area (Å²) in [5.74, 6) is 0.188. The van der Waals surface area contributed by atoms with Gasteiger partial charge in [0.15, 0.2) is 5.78 Å². The van der Waals surface area contributed by atoms with Crippen LogP contribution >= 0.6 is 0 Å². The lowest BCUT2D eigenvalue weighted by atomic mass is 9.57. The zero-order chi connectivity index (χ0) is 19.6. The van der Waals surface area contributed by atoms with E-state index in [2.05, 4.69) is 48.5 Å². The maximum absolute atomic E-state index is 13.5. The fourth-order valence-corrected chi connectivity index (χ4v) is 3.13. The lowest BCUT2D eigenvalue weighted by Gasteiger charge is -2.47. The van der Waals surface area contributed by atoms with Crippen molar-refractivity contribution in [2.75, 3.05) is 13.7 Å². The molecule has 0 amide bonds. The minimum atomic E-state index is -0.808. The first kappa shape index (κ1) is 23.6. The van der Waals surface area contributed by atoms with E-state index in [0.29, 0.717) is 6.61 Å². The van der Waals surface area contributed by atoms with Crippen LogP contribution in [0.5, 0.6) is 0 Å². The molecule has 0 aliphatic carbocycles. The number of methoxy groups -OCH3 is 1. The summed E-state index contributed by atoms with van der Waals surface area (Å²) in [7, 11) is 1.70. The third-order valence-electron chi connectivity index (χ3n) is 5.31. The molecule has 0 aliphatic heterocycles. The van der Waals surface area contributed by atoms with E-state index in [1.54, 1.807) is 7.11 Å². The summed E-state index contributed by atoms with van der Waals surface area (Å²) >= 11 is 0. The van der Waals surface area contributed by atoms with Gasteiger partial charge in [0.05, 0.1) is 12.2 Å². The third kappa shape index (κ3) is 6.48. The quantitative estimate of drug-likeness (QED) is 0.571. The Labute approximate surface area is 150 Å². The van der Waals surface area contributed by atoms with E-state index in [1.165, 1.54) is 0 Å². The molecule has 1 atom stereocenters. The smallest absolute Gasteiger partial charge is 0.170 e. The van der Waals surface area contributed by atoms with Crippen molar-refractivity contribution in [3.8, 4) is 0 Å². The van der Waals surface area contributed by atoms with Crippen LogP contribution in [-0.4, -0.2) is 30.7 Å². The van der Waals surface area contributed by atoms with Crippen molar-refractivity contribution >= 4 is 5.78 Å². The van der Waals surface area contributed by atoms with Gasteiger partial charge in [-0.05, 0) is 51.4 Å². The zero-order valence-electron chi connectivity index (χ0n) is 18.3. The highest BCUT2D eigenvalue weighted by Crippen LogP contribution is 2.49. The molecule has 0 saturated heterocycles. The van der Waals surface area contributed by atoms with Gasteiger partial charge in [-0.15, -0.1) is 0 Å². The van der Waals surface area contributed by atoms with Gasteiger partial charge in [0.2, 0.25) is 0 Å². The molecule has 24 heavy (non-hydrogen) atoms. The molecule has 1 unspecified atom stereocenters. The summed E-state index contributed by atoms with van der Waals surface area (Å²) in [5, 5.41) is 0.